The van der Waals surface area contributed by atoms with Crippen molar-refractivity contribution in [2.75, 3.05) is 6.61 Å². The van der Waals surface area contributed by atoms with Gasteiger partial charge in [-0.25, -0.2) is 4.39 Å². The molecule has 11 heavy (non-hydrogen) atoms. The van der Waals surface area contributed by atoms with Crippen molar-refractivity contribution in [3.63, 3.8) is 0 Å². The van der Waals surface area contributed by atoms with Gasteiger partial charge in [-0.15, -0.1) is 0 Å². The van der Waals surface area contributed by atoms with Gasteiger partial charge in [0, 0.05) is 0 Å². The van der Waals surface area contributed by atoms with Crippen LogP contribution in [0.1, 0.15) is 6.92 Å². The highest BCUT2D eigenvalue weighted by Gasteiger charge is 2.04. The predicted molar refractivity (Wildman–Crippen MR) is 50.3 cm³/mol. The summed E-state index contributed by atoms with van der Waals surface area (Å²) in [5.41, 5.74) is 0. The lowest BCUT2D eigenvalue weighted by atomic mass is 10.3. The molecule has 0 unspecified atom stereocenters. The monoisotopic (exact) mass is 266 g/mol. The molecular formula is C8H8FIO. The standard InChI is InChI=1S/C8H8FIO/c1-2-11-7-5-3-4-6(10)8(7)9/h3-5H,2H2,1H3. The molecule has 0 heterocycles. The van der Waals surface area contributed by atoms with E-state index in [9.17, 15) is 4.39 Å². The smallest absolute Gasteiger partial charge is 0.178 e. The third-order valence-corrected chi connectivity index (χ3v) is 2.05. The molecule has 0 amide bonds. The van der Waals surface area contributed by atoms with Crippen LogP contribution >= 0.6 is 22.6 Å². The second kappa shape index (κ2) is 3.90. The first-order valence-corrected chi connectivity index (χ1v) is 4.40. The van der Waals surface area contributed by atoms with E-state index < -0.39 is 0 Å². The van der Waals surface area contributed by atoms with Crippen LogP contribution in [0.25, 0.3) is 0 Å². The Kier molecular flexibility index (Phi) is 3.11. The van der Waals surface area contributed by atoms with E-state index in [1.165, 1.54) is 0 Å². The Bertz CT molecular complexity index is 250. The van der Waals surface area contributed by atoms with Crippen molar-refractivity contribution in [1.82, 2.24) is 0 Å². The summed E-state index contributed by atoms with van der Waals surface area (Å²) in [4.78, 5) is 0. The molecule has 0 saturated heterocycles. The van der Waals surface area contributed by atoms with Crippen LogP contribution in [0.2, 0.25) is 0 Å². The van der Waals surface area contributed by atoms with Gasteiger partial charge in [-0.05, 0) is 41.6 Å². The predicted octanol–water partition coefficient (Wildman–Crippen LogP) is 2.83. The quantitative estimate of drug-likeness (QED) is 0.748. The van der Waals surface area contributed by atoms with Gasteiger partial charge in [0.15, 0.2) is 11.6 Å². The average molecular weight is 266 g/mol. The molecule has 0 saturated carbocycles. The minimum Gasteiger partial charge on any atom is -0.491 e. The minimum atomic E-state index is -0.269. The molecule has 0 aromatic heterocycles. The fraction of sp³-hybridized carbons (Fsp3) is 0.250. The summed E-state index contributed by atoms with van der Waals surface area (Å²) in [6.07, 6.45) is 0. The van der Waals surface area contributed by atoms with E-state index in [2.05, 4.69) is 0 Å². The van der Waals surface area contributed by atoms with Crippen LogP contribution in [-0.2, 0) is 0 Å². The van der Waals surface area contributed by atoms with Gasteiger partial charge in [0.2, 0.25) is 0 Å². The van der Waals surface area contributed by atoms with Crippen molar-refractivity contribution < 1.29 is 9.13 Å². The van der Waals surface area contributed by atoms with Gasteiger partial charge in [0.25, 0.3) is 0 Å². The minimum absolute atomic E-state index is 0.269. The van der Waals surface area contributed by atoms with Crippen molar-refractivity contribution >= 4 is 22.6 Å². The molecule has 0 atom stereocenters. The van der Waals surface area contributed by atoms with E-state index >= 15 is 0 Å². The third kappa shape index (κ3) is 2.05. The van der Waals surface area contributed by atoms with Crippen LogP contribution in [0, 0.1) is 9.39 Å². The summed E-state index contributed by atoms with van der Waals surface area (Å²) in [5.74, 6) is 0.0642. The molecular weight excluding hydrogens is 258 g/mol. The first kappa shape index (κ1) is 8.77. The SMILES string of the molecule is CCOc1cccc(I)c1F. The van der Waals surface area contributed by atoms with E-state index in [1.54, 1.807) is 18.2 Å². The van der Waals surface area contributed by atoms with Crippen molar-refractivity contribution in [2.24, 2.45) is 0 Å². The highest BCUT2D eigenvalue weighted by molar-refractivity contribution is 14.1. The maximum absolute atomic E-state index is 13.1. The first-order valence-electron chi connectivity index (χ1n) is 3.32. The third-order valence-electron chi connectivity index (χ3n) is 1.22. The largest absolute Gasteiger partial charge is 0.491 e. The average Bonchev–Trinajstić information content (AvgIpc) is 1.99. The number of hydrogen-bond acceptors (Lipinski definition) is 1. The number of benzene rings is 1. The van der Waals surface area contributed by atoms with Gasteiger partial charge >= 0.3 is 0 Å². The summed E-state index contributed by atoms with van der Waals surface area (Å²) in [6, 6.07) is 5.11. The second-order valence-electron chi connectivity index (χ2n) is 1.98. The van der Waals surface area contributed by atoms with Crippen LogP contribution in [0.5, 0.6) is 5.75 Å². The Labute approximate surface area is 78.7 Å². The number of hydrogen-bond donors (Lipinski definition) is 0. The molecule has 0 aliphatic carbocycles. The summed E-state index contributed by atoms with van der Waals surface area (Å²) in [6.45, 7) is 2.33. The zero-order valence-electron chi connectivity index (χ0n) is 6.10. The highest BCUT2D eigenvalue weighted by atomic mass is 127. The van der Waals surface area contributed by atoms with Gasteiger partial charge in [-0.3, -0.25) is 0 Å². The second-order valence-corrected chi connectivity index (χ2v) is 3.15. The molecule has 0 radical (unpaired) electrons. The number of rotatable bonds is 2. The summed E-state index contributed by atoms with van der Waals surface area (Å²) < 4.78 is 18.7. The topological polar surface area (TPSA) is 9.23 Å². The maximum atomic E-state index is 13.1. The van der Waals surface area contributed by atoms with Gasteiger partial charge < -0.3 is 4.74 Å². The first-order chi connectivity index (χ1) is 5.25. The Hall–Kier alpha value is -0.320. The molecule has 0 spiro atoms. The van der Waals surface area contributed by atoms with Crippen molar-refractivity contribution in [1.29, 1.82) is 0 Å². The van der Waals surface area contributed by atoms with E-state index in [0.29, 0.717) is 15.9 Å². The Balaban J connectivity index is 2.96. The van der Waals surface area contributed by atoms with Crippen LogP contribution in [0.3, 0.4) is 0 Å². The van der Waals surface area contributed by atoms with Crippen LogP contribution in [0.4, 0.5) is 4.39 Å². The van der Waals surface area contributed by atoms with Gasteiger partial charge in [0.1, 0.15) is 0 Å². The van der Waals surface area contributed by atoms with Gasteiger partial charge in [0.05, 0.1) is 10.2 Å². The molecule has 60 valence electrons. The lowest BCUT2D eigenvalue weighted by Crippen LogP contribution is -1.95. The molecule has 0 aliphatic rings. The van der Waals surface area contributed by atoms with Crippen LogP contribution < -0.4 is 4.74 Å². The van der Waals surface area contributed by atoms with Crippen molar-refractivity contribution in [3.05, 3.63) is 27.6 Å². The lowest BCUT2D eigenvalue weighted by Gasteiger charge is -2.04. The zero-order valence-corrected chi connectivity index (χ0v) is 8.26. The lowest BCUT2D eigenvalue weighted by molar-refractivity contribution is 0.320. The number of ether oxygens (including phenoxy) is 1. The Morgan fingerprint density at radius 3 is 2.91 bits per heavy atom. The molecule has 1 aromatic carbocycles. The molecule has 0 aliphatic heterocycles. The molecule has 0 fully saturated rings. The molecule has 1 nitrogen and oxygen atoms in total. The molecule has 1 rings (SSSR count). The summed E-state index contributed by atoms with van der Waals surface area (Å²) in [5, 5.41) is 0. The highest BCUT2D eigenvalue weighted by Crippen LogP contribution is 2.21. The molecule has 1 aromatic rings. The van der Waals surface area contributed by atoms with Crippen molar-refractivity contribution in [2.45, 2.75) is 6.92 Å². The summed E-state index contributed by atoms with van der Waals surface area (Å²) >= 11 is 1.93. The van der Waals surface area contributed by atoms with Crippen LogP contribution in [0.15, 0.2) is 18.2 Å². The van der Waals surface area contributed by atoms with Crippen LogP contribution in [-0.4, -0.2) is 6.61 Å². The Morgan fingerprint density at radius 1 is 1.55 bits per heavy atom. The molecule has 3 heteroatoms. The van der Waals surface area contributed by atoms with E-state index in [1.807, 2.05) is 29.5 Å². The Morgan fingerprint density at radius 2 is 2.27 bits per heavy atom. The van der Waals surface area contributed by atoms with E-state index in [0.717, 1.165) is 0 Å². The van der Waals surface area contributed by atoms with E-state index in [-0.39, 0.29) is 5.82 Å². The number of halogens is 2. The zero-order chi connectivity index (χ0) is 8.27. The van der Waals surface area contributed by atoms with Crippen molar-refractivity contribution in [3.8, 4) is 5.75 Å². The van der Waals surface area contributed by atoms with E-state index in [4.69, 9.17) is 4.74 Å². The summed E-state index contributed by atoms with van der Waals surface area (Å²) in [7, 11) is 0. The normalized spacial score (nSPS) is 9.73. The van der Waals surface area contributed by atoms with Gasteiger partial charge in [-0.2, -0.15) is 0 Å². The molecule has 0 N–H and O–H groups in total. The fourth-order valence-corrected chi connectivity index (χ4v) is 1.22. The maximum Gasteiger partial charge on any atom is 0.178 e. The molecule has 0 bridgehead atoms. The fourth-order valence-electron chi connectivity index (χ4n) is 0.751. The van der Waals surface area contributed by atoms with Gasteiger partial charge in [-0.1, -0.05) is 6.07 Å².